The Kier molecular flexibility index (Phi) is 7.86. The number of carbonyl (C=O) groups excluding carboxylic acids is 2. The Bertz CT molecular complexity index is 1680. The van der Waals surface area contributed by atoms with Gasteiger partial charge in [-0.05, 0) is 78.4 Å². The summed E-state index contributed by atoms with van der Waals surface area (Å²) >= 11 is 12.8. The first-order chi connectivity index (χ1) is 19.5. The van der Waals surface area contributed by atoms with Crippen molar-refractivity contribution in [3.63, 3.8) is 0 Å². The van der Waals surface area contributed by atoms with Crippen LogP contribution >= 0.6 is 23.2 Å². The first-order valence-corrected chi connectivity index (χ1v) is 14.2. The van der Waals surface area contributed by atoms with Gasteiger partial charge in [0, 0.05) is 34.8 Å². The van der Waals surface area contributed by atoms with E-state index in [9.17, 15) is 9.59 Å². The Morgan fingerprint density at radius 1 is 1.00 bits per heavy atom. The SMILES string of the molecule is COc1ccc(CNC(C)=O)cc1-n1nc2c(c1C(C)C)C(c1ccc(Cl)cc1C)N(c1cc(Cl)ccc1C)C2=O. The highest BCUT2D eigenvalue weighted by atomic mass is 35.5. The van der Waals surface area contributed by atoms with Crippen molar-refractivity contribution in [2.75, 3.05) is 12.0 Å². The molecule has 3 aromatic carbocycles. The van der Waals surface area contributed by atoms with Crippen LogP contribution in [0.1, 0.15) is 76.7 Å². The molecule has 0 aliphatic carbocycles. The molecule has 9 heteroatoms. The third-order valence-electron chi connectivity index (χ3n) is 7.43. The summed E-state index contributed by atoms with van der Waals surface area (Å²) in [5.74, 6) is 0.275. The molecule has 0 fully saturated rings. The maximum atomic E-state index is 14.3. The number of fused-ring (bicyclic) bond motifs is 1. The monoisotopic (exact) mass is 590 g/mol. The number of benzene rings is 3. The number of hydrogen-bond acceptors (Lipinski definition) is 4. The summed E-state index contributed by atoms with van der Waals surface area (Å²) in [4.78, 5) is 27.7. The fraction of sp³-hybridized carbons (Fsp3) is 0.281. The molecule has 0 saturated carbocycles. The van der Waals surface area contributed by atoms with Gasteiger partial charge >= 0.3 is 0 Å². The fourth-order valence-corrected chi connectivity index (χ4v) is 5.93. The highest BCUT2D eigenvalue weighted by Crippen LogP contribution is 2.48. The minimum atomic E-state index is -0.452. The van der Waals surface area contributed by atoms with Crippen molar-refractivity contribution in [2.24, 2.45) is 0 Å². The van der Waals surface area contributed by atoms with E-state index in [1.807, 2.05) is 73.1 Å². The van der Waals surface area contributed by atoms with Crippen LogP contribution in [0.5, 0.6) is 5.75 Å². The summed E-state index contributed by atoms with van der Waals surface area (Å²) in [6.07, 6.45) is 0. The van der Waals surface area contributed by atoms with Gasteiger partial charge in [0.25, 0.3) is 5.91 Å². The molecule has 0 bridgehead atoms. The number of anilines is 1. The van der Waals surface area contributed by atoms with Crippen molar-refractivity contribution < 1.29 is 14.3 Å². The molecule has 1 aliphatic heterocycles. The molecule has 1 aliphatic rings. The quantitative estimate of drug-likeness (QED) is 0.245. The van der Waals surface area contributed by atoms with Gasteiger partial charge < -0.3 is 10.1 Å². The number of amides is 2. The number of nitrogens with one attached hydrogen (secondary N) is 1. The normalized spacial score (nSPS) is 14.5. The molecule has 1 atom stereocenters. The number of ether oxygens (including phenoxy) is 1. The molecule has 2 heterocycles. The molecule has 4 aromatic rings. The zero-order valence-corrected chi connectivity index (χ0v) is 25.4. The van der Waals surface area contributed by atoms with Crippen LogP contribution in [-0.4, -0.2) is 28.7 Å². The lowest BCUT2D eigenvalue weighted by atomic mass is 9.91. The Morgan fingerprint density at radius 3 is 2.37 bits per heavy atom. The first-order valence-electron chi connectivity index (χ1n) is 13.4. The van der Waals surface area contributed by atoms with Gasteiger partial charge in [0.05, 0.1) is 18.8 Å². The molecule has 41 heavy (non-hydrogen) atoms. The number of methoxy groups -OCH3 is 1. The van der Waals surface area contributed by atoms with Gasteiger partial charge in [0.2, 0.25) is 5.91 Å². The van der Waals surface area contributed by atoms with Crippen LogP contribution in [0, 0.1) is 13.8 Å². The van der Waals surface area contributed by atoms with Gasteiger partial charge in [-0.3, -0.25) is 14.5 Å². The Balaban J connectivity index is 1.78. The summed E-state index contributed by atoms with van der Waals surface area (Å²) < 4.78 is 7.56. The average Bonchev–Trinajstić information content (AvgIpc) is 3.44. The van der Waals surface area contributed by atoms with Crippen LogP contribution in [0.2, 0.25) is 10.0 Å². The minimum absolute atomic E-state index is 0.00160. The predicted octanol–water partition coefficient (Wildman–Crippen LogP) is 7.31. The molecule has 1 aromatic heterocycles. The van der Waals surface area contributed by atoms with E-state index >= 15 is 0 Å². The smallest absolute Gasteiger partial charge is 0.280 e. The summed E-state index contributed by atoms with van der Waals surface area (Å²) in [7, 11) is 1.60. The zero-order chi connectivity index (χ0) is 29.6. The summed E-state index contributed by atoms with van der Waals surface area (Å²) in [6, 6.07) is 16.6. The lowest BCUT2D eigenvalue weighted by molar-refractivity contribution is -0.119. The molecule has 0 spiro atoms. The van der Waals surface area contributed by atoms with Gasteiger partial charge in [0.1, 0.15) is 11.4 Å². The zero-order valence-electron chi connectivity index (χ0n) is 23.9. The minimum Gasteiger partial charge on any atom is -0.494 e. The van der Waals surface area contributed by atoms with E-state index < -0.39 is 6.04 Å². The highest BCUT2D eigenvalue weighted by molar-refractivity contribution is 6.31. The van der Waals surface area contributed by atoms with E-state index in [1.54, 1.807) is 12.0 Å². The number of aryl methyl sites for hydroxylation is 2. The molecule has 0 saturated heterocycles. The van der Waals surface area contributed by atoms with Crippen molar-refractivity contribution in [1.29, 1.82) is 0 Å². The van der Waals surface area contributed by atoms with Gasteiger partial charge in [-0.1, -0.05) is 55.2 Å². The molecular weight excluding hydrogens is 559 g/mol. The number of aromatic nitrogens is 2. The molecule has 2 amide bonds. The van der Waals surface area contributed by atoms with Crippen molar-refractivity contribution in [2.45, 2.75) is 53.1 Å². The maximum Gasteiger partial charge on any atom is 0.280 e. The van der Waals surface area contributed by atoms with Crippen molar-refractivity contribution >= 4 is 40.7 Å². The summed E-state index contributed by atoms with van der Waals surface area (Å²) in [5, 5.41) is 8.97. The molecule has 7 nitrogen and oxygen atoms in total. The second-order valence-corrected chi connectivity index (χ2v) is 11.5. The molecule has 1 N–H and O–H groups in total. The van der Waals surface area contributed by atoms with Gasteiger partial charge in [-0.2, -0.15) is 5.10 Å². The van der Waals surface area contributed by atoms with Crippen LogP contribution in [0.4, 0.5) is 5.69 Å². The number of hydrogen-bond donors (Lipinski definition) is 1. The largest absolute Gasteiger partial charge is 0.494 e. The first kappa shape index (κ1) is 28.7. The van der Waals surface area contributed by atoms with E-state index in [0.29, 0.717) is 33.7 Å². The fourth-order valence-electron chi connectivity index (χ4n) is 5.54. The Hall–Kier alpha value is -3.81. The van der Waals surface area contributed by atoms with E-state index in [0.717, 1.165) is 39.2 Å². The molecule has 212 valence electrons. The Labute approximate surface area is 250 Å². The van der Waals surface area contributed by atoms with Crippen molar-refractivity contribution in [1.82, 2.24) is 15.1 Å². The van der Waals surface area contributed by atoms with E-state index in [1.165, 1.54) is 6.92 Å². The standard InChI is InChI=1S/C32H32Cl2N4O3/c1-17(2)30-28-29(36-38(30)26-14-21(16-35-20(5)39)8-12-27(26)41-6)32(40)37(25-15-23(34)9-7-18(25)3)31(28)24-11-10-22(33)13-19(24)4/h7-15,17,31H,16H2,1-6H3,(H,35,39). The van der Waals surface area contributed by atoms with E-state index in [4.69, 9.17) is 33.0 Å². The predicted molar refractivity (Wildman–Crippen MR) is 163 cm³/mol. The molecular formula is C32H32Cl2N4O3. The average molecular weight is 592 g/mol. The van der Waals surface area contributed by atoms with Gasteiger partial charge in [-0.15, -0.1) is 0 Å². The van der Waals surface area contributed by atoms with Gasteiger partial charge in [-0.25, -0.2) is 4.68 Å². The molecule has 0 radical (unpaired) electrons. The third-order valence-corrected chi connectivity index (χ3v) is 7.90. The number of carbonyl (C=O) groups is 2. The highest BCUT2D eigenvalue weighted by Gasteiger charge is 2.46. The number of rotatable bonds is 7. The third kappa shape index (κ3) is 5.20. The lowest BCUT2D eigenvalue weighted by Gasteiger charge is -2.30. The maximum absolute atomic E-state index is 14.3. The van der Waals surface area contributed by atoms with Crippen molar-refractivity contribution in [3.8, 4) is 11.4 Å². The second-order valence-electron chi connectivity index (χ2n) is 10.6. The van der Waals surface area contributed by atoms with Crippen LogP contribution < -0.4 is 15.0 Å². The van der Waals surface area contributed by atoms with Gasteiger partial charge in [0.15, 0.2) is 5.69 Å². The number of halogens is 2. The molecule has 5 rings (SSSR count). The van der Waals surface area contributed by atoms with Crippen LogP contribution in [0.15, 0.2) is 54.6 Å². The molecule has 1 unspecified atom stereocenters. The van der Waals surface area contributed by atoms with Crippen molar-refractivity contribution in [3.05, 3.63) is 104 Å². The lowest BCUT2D eigenvalue weighted by Crippen LogP contribution is -2.31. The van der Waals surface area contributed by atoms with E-state index in [-0.39, 0.29) is 17.7 Å². The van der Waals surface area contributed by atoms with Crippen LogP contribution in [0.3, 0.4) is 0 Å². The second kappa shape index (κ2) is 11.2. The van der Waals surface area contributed by atoms with E-state index in [2.05, 4.69) is 19.2 Å². The topological polar surface area (TPSA) is 76.5 Å². The summed E-state index contributed by atoms with van der Waals surface area (Å²) in [5.41, 5.74) is 7.26. The number of nitrogens with zero attached hydrogens (tertiary/aromatic N) is 3. The van der Waals surface area contributed by atoms with Crippen LogP contribution in [0.25, 0.3) is 5.69 Å². The Morgan fingerprint density at radius 2 is 1.71 bits per heavy atom. The van der Waals surface area contributed by atoms with Crippen LogP contribution in [-0.2, 0) is 11.3 Å². The summed E-state index contributed by atoms with van der Waals surface area (Å²) in [6.45, 7) is 9.99.